The van der Waals surface area contributed by atoms with Crippen molar-refractivity contribution >= 4 is 27.8 Å². The van der Waals surface area contributed by atoms with Crippen LogP contribution >= 0.6 is 0 Å². The summed E-state index contributed by atoms with van der Waals surface area (Å²) >= 11 is 0. The summed E-state index contributed by atoms with van der Waals surface area (Å²) in [5.41, 5.74) is 3.47. The minimum Gasteiger partial charge on any atom is -0.351 e. The van der Waals surface area contributed by atoms with E-state index in [2.05, 4.69) is 20.6 Å². The smallest absolute Gasteiger partial charge is 0.270 e. The van der Waals surface area contributed by atoms with Gasteiger partial charge in [-0.2, -0.15) is 0 Å². The number of carbonyl (C=O) groups is 1. The number of hydrogen-bond donors (Lipinski definition) is 1. The summed E-state index contributed by atoms with van der Waals surface area (Å²) in [7, 11) is 0. The third-order valence-corrected chi connectivity index (χ3v) is 5.70. The molecule has 5 rings (SSSR count). The van der Waals surface area contributed by atoms with E-state index >= 15 is 0 Å². The van der Waals surface area contributed by atoms with E-state index in [9.17, 15) is 9.18 Å². The number of rotatable bonds is 2. The maximum Gasteiger partial charge on any atom is 0.270 e. The zero-order valence-electron chi connectivity index (χ0n) is 15.7. The van der Waals surface area contributed by atoms with E-state index in [-0.39, 0.29) is 11.7 Å². The number of fused-ring (bicyclic) bond motifs is 2. The Hall–Kier alpha value is -3.15. The summed E-state index contributed by atoms with van der Waals surface area (Å²) in [6.07, 6.45) is 1.78. The van der Waals surface area contributed by atoms with E-state index in [0.717, 1.165) is 40.6 Å². The summed E-state index contributed by atoms with van der Waals surface area (Å²) < 4.78 is 15.7. The van der Waals surface area contributed by atoms with Gasteiger partial charge in [-0.1, -0.05) is 12.1 Å². The molecule has 2 aromatic heterocycles. The van der Waals surface area contributed by atoms with E-state index in [0.29, 0.717) is 24.8 Å². The molecule has 3 heterocycles. The second-order valence-electron chi connectivity index (χ2n) is 7.46. The first-order chi connectivity index (χ1) is 13.6. The Morgan fingerprint density at radius 3 is 2.75 bits per heavy atom. The maximum absolute atomic E-state index is 13.4. The van der Waals surface area contributed by atoms with Gasteiger partial charge in [0.1, 0.15) is 17.3 Å². The predicted octanol–water partition coefficient (Wildman–Crippen LogP) is 4.44. The van der Waals surface area contributed by atoms with Crippen molar-refractivity contribution in [1.29, 1.82) is 0 Å². The van der Waals surface area contributed by atoms with Crippen LogP contribution in [0.3, 0.4) is 0 Å². The Balaban J connectivity index is 1.34. The number of benzene rings is 2. The SMILES string of the molecule is Cc1nc2ccccc2n1C1CCN(C(=O)c2cc3cc(F)ccc3[nH]2)CC1. The van der Waals surface area contributed by atoms with Crippen molar-refractivity contribution in [3.8, 4) is 0 Å². The number of aromatic amines is 1. The molecule has 0 saturated carbocycles. The summed E-state index contributed by atoms with van der Waals surface area (Å²) in [6.45, 7) is 3.43. The molecule has 0 radical (unpaired) electrons. The maximum atomic E-state index is 13.4. The zero-order chi connectivity index (χ0) is 19.3. The van der Waals surface area contributed by atoms with E-state index in [4.69, 9.17) is 0 Å². The van der Waals surface area contributed by atoms with Gasteiger partial charge in [0.15, 0.2) is 0 Å². The first-order valence-electron chi connectivity index (χ1n) is 9.61. The molecule has 0 atom stereocenters. The molecule has 142 valence electrons. The molecule has 1 aliphatic heterocycles. The highest BCUT2D eigenvalue weighted by Gasteiger charge is 2.27. The van der Waals surface area contributed by atoms with Crippen LogP contribution in [0, 0.1) is 12.7 Å². The van der Waals surface area contributed by atoms with Crippen LogP contribution in [0.5, 0.6) is 0 Å². The van der Waals surface area contributed by atoms with Gasteiger partial charge in [0, 0.05) is 30.0 Å². The number of para-hydroxylation sites is 2. The Bertz CT molecular complexity index is 1180. The number of halogens is 1. The quantitative estimate of drug-likeness (QED) is 0.562. The lowest BCUT2D eigenvalue weighted by Crippen LogP contribution is -2.39. The number of imidazole rings is 1. The number of aryl methyl sites for hydroxylation is 1. The van der Waals surface area contributed by atoms with Crippen molar-refractivity contribution in [2.45, 2.75) is 25.8 Å². The number of aromatic nitrogens is 3. The number of carbonyl (C=O) groups excluding carboxylic acids is 1. The highest BCUT2D eigenvalue weighted by atomic mass is 19.1. The highest BCUT2D eigenvalue weighted by Crippen LogP contribution is 2.29. The fraction of sp³-hybridized carbons (Fsp3) is 0.273. The van der Waals surface area contributed by atoms with Crippen molar-refractivity contribution in [3.63, 3.8) is 0 Å². The van der Waals surface area contributed by atoms with Crippen molar-refractivity contribution < 1.29 is 9.18 Å². The van der Waals surface area contributed by atoms with Gasteiger partial charge in [-0.15, -0.1) is 0 Å². The van der Waals surface area contributed by atoms with Crippen LogP contribution in [0.15, 0.2) is 48.5 Å². The van der Waals surface area contributed by atoms with Crippen LogP contribution in [0.25, 0.3) is 21.9 Å². The molecule has 4 aromatic rings. The van der Waals surface area contributed by atoms with Gasteiger partial charge in [0.05, 0.1) is 11.0 Å². The van der Waals surface area contributed by atoms with Gasteiger partial charge >= 0.3 is 0 Å². The van der Waals surface area contributed by atoms with E-state index < -0.39 is 0 Å². The van der Waals surface area contributed by atoms with Crippen LogP contribution in [0.1, 0.15) is 35.2 Å². The lowest BCUT2D eigenvalue weighted by molar-refractivity contribution is 0.0690. The Morgan fingerprint density at radius 1 is 1.14 bits per heavy atom. The Labute approximate surface area is 161 Å². The average molecular weight is 376 g/mol. The lowest BCUT2D eigenvalue weighted by atomic mass is 10.0. The fourth-order valence-electron chi connectivity index (χ4n) is 4.34. The zero-order valence-corrected chi connectivity index (χ0v) is 15.7. The molecule has 0 spiro atoms. The fourth-order valence-corrected chi connectivity index (χ4v) is 4.34. The molecular weight excluding hydrogens is 355 g/mol. The Morgan fingerprint density at radius 2 is 1.93 bits per heavy atom. The molecule has 0 aliphatic carbocycles. The minimum absolute atomic E-state index is 0.0257. The molecule has 1 N–H and O–H groups in total. The molecule has 1 amide bonds. The summed E-state index contributed by atoms with van der Waals surface area (Å²) in [5, 5.41) is 0.721. The van der Waals surface area contributed by atoms with Gasteiger partial charge in [0.25, 0.3) is 5.91 Å². The van der Waals surface area contributed by atoms with Crippen LogP contribution in [-0.2, 0) is 0 Å². The summed E-state index contributed by atoms with van der Waals surface area (Å²) in [4.78, 5) is 22.6. The third-order valence-electron chi connectivity index (χ3n) is 5.70. The van der Waals surface area contributed by atoms with Gasteiger partial charge < -0.3 is 14.5 Å². The second-order valence-corrected chi connectivity index (χ2v) is 7.46. The molecule has 0 unspecified atom stereocenters. The number of piperidine rings is 1. The standard InChI is InChI=1S/C22H21FN4O/c1-14-24-19-4-2-3-5-21(19)27(14)17-8-10-26(11-9-17)22(28)20-13-15-12-16(23)6-7-18(15)25-20/h2-7,12-13,17,25H,8-11H2,1H3. The normalized spacial score (nSPS) is 15.6. The predicted molar refractivity (Wildman–Crippen MR) is 107 cm³/mol. The molecular formula is C22H21FN4O. The van der Waals surface area contributed by atoms with Crippen molar-refractivity contribution in [1.82, 2.24) is 19.4 Å². The van der Waals surface area contributed by atoms with Gasteiger partial charge in [0.2, 0.25) is 0 Å². The van der Waals surface area contributed by atoms with Crippen LogP contribution in [0.2, 0.25) is 0 Å². The van der Waals surface area contributed by atoms with Gasteiger partial charge in [-0.05, 0) is 56.2 Å². The molecule has 2 aromatic carbocycles. The largest absolute Gasteiger partial charge is 0.351 e. The number of nitrogens with zero attached hydrogens (tertiary/aromatic N) is 3. The van der Waals surface area contributed by atoms with E-state index in [1.54, 1.807) is 12.1 Å². The van der Waals surface area contributed by atoms with Crippen LogP contribution in [-0.4, -0.2) is 38.4 Å². The number of H-pyrrole nitrogens is 1. The first kappa shape index (κ1) is 17.0. The van der Waals surface area contributed by atoms with Crippen molar-refractivity contribution in [3.05, 3.63) is 65.9 Å². The molecule has 28 heavy (non-hydrogen) atoms. The topological polar surface area (TPSA) is 53.9 Å². The third kappa shape index (κ3) is 2.76. The highest BCUT2D eigenvalue weighted by molar-refractivity contribution is 5.98. The molecule has 1 fully saturated rings. The van der Waals surface area contributed by atoms with Gasteiger partial charge in [-0.25, -0.2) is 9.37 Å². The van der Waals surface area contributed by atoms with Gasteiger partial charge in [-0.3, -0.25) is 4.79 Å². The van der Waals surface area contributed by atoms with E-state index in [1.165, 1.54) is 12.1 Å². The second kappa shape index (κ2) is 6.48. The molecule has 0 bridgehead atoms. The van der Waals surface area contributed by atoms with E-state index in [1.807, 2.05) is 30.0 Å². The summed E-state index contributed by atoms with van der Waals surface area (Å²) in [5.74, 6) is 0.695. The van der Waals surface area contributed by atoms with Crippen LogP contribution in [0.4, 0.5) is 4.39 Å². The monoisotopic (exact) mass is 376 g/mol. The lowest BCUT2D eigenvalue weighted by Gasteiger charge is -2.33. The minimum atomic E-state index is -0.297. The summed E-state index contributed by atoms with van der Waals surface area (Å²) in [6, 6.07) is 14.8. The number of nitrogens with one attached hydrogen (secondary N) is 1. The van der Waals surface area contributed by atoms with Crippen molar-refractivity contribution in [2.24, 2.45) is 0 Å². The molecule has 5 nitrogen and oxygen atoms in total. The van der Waals surface area contributed by atoms with Crippen molar-refractivity contribution in [2.75, 3.05) is 13.1 Å². The number of amides is 1. The average Bonchev–Trinajstić information content (AvgIpc) is 3.27. The Kier molecular flexibility index (Phi) is 3.93. The molecule has 6 heteroatoms. The van der Waals surface area contributed by atoms with Crippen LogP contribution < -0.4 is 0 Å². The molecule has 1 saturated heterocycles. The first-order valence-corrected chi connectivity index (χ1v) is 9.61. The number of hydrogen-bond acceptors (Lipinski definition) is 2. The number of likely N-dealkylation sites (tertiary alicyclic amines) is 1. The molecule has 1 aliphatic rings.